The zero-order valence-electron chi connectivity index (χ0n) is 13.6. The lowest BCUT2D eigenvalue weighted by atomic mass is 9.91. The van der Waals surface area contributed by atoms with E-state index in [0.717, 1.165) is 36.9 Å². The van der Waals surface area contributed by atoms with Gasteiger partial charge in [-0.2, -0.15) is 4.98 Å². The third-order valence-electron chi connectivity index (χ3n) is 4.63. The normalized spacial score (nSPS) is 21.6. The van der Waals surface area contributed by atoms with Gasteiger partial charge in [0.05, 0.1) is 12.1 Å². The maximum atomic E-state index is 12.4. The second-order valence-corrected chi connectivity index (χ2v) is 6.15. The zero-order chi connectivity index (χ0) is 16.3. The Morgan fingerprint density at radius 3 is 2.68 bits per heavy atom. The fourth-order valence-corrected chi connectivity index (χ4v) is 3.26. The molecule has 1 saturated carbocycles. The number of aromatic amines is 1. The first kappa shape index (κ1) is 16.7. The third kappa shape index (κ3) is 3.74. The van der Waals surface area contributed by atoms with Crippen molar-refractivity contribution in [3.8, 4) is 0 Å². The molecule has 0 bridgehead atoms. The van der Waals surface area contributed by atoms with Crippen molar-refractivity contribution in [1.82, 2.24) is 14.9 Å². The Balaban J connectivity index is 1.99. The Labute approximate surface area is 130 Å². The number of hydrogen-bond donors (Lipinski definition) is 2. The van der Waals surface area contributed by atoms with Crippen LogP contribution in [-0.2, 0) is 11.2 Å². The number of likely N-dealkylation sites (N-methyl/N-ethyl adjacent to an activating group) is 1. The summed E-state index contributed by atoms with van der Waals surface area (Å²) in [5, 5.41) is 10.0. The first-order chi connectivity index (χ1) is 10.4. The van der Waals surface area contributed by atoms with Crippen LogP contribution in [0.4, 0.5) is 0 Å². The molecule has 1 aliphatic carbocycles. The Kier molecular flexibility index (Phi) is 5.34. The largest absolute Gasteiger partial charge is 0.391 e. The average molecular weight is 307 g/mol. The molecule has 1 aliphatic rings. The molecule has 0 spiro atoms. The molecule has 2 N–H and O–H groups in total. The molecule has 6 nitrogen and oxygen atoms in total. The van der Waals surface area contributed by atoms with E-state index in [1.54, 1.807) is 18.9 Å². The number of carbonyl (C=O) groups excluding carboxylic acids is 1. The third-order valence-corrected chi connectivity index (χ3v) is 4.63. The molecule has 1 fully saturated rings. The van der Waals surface area contributed by atoms with Gasteiger partial charge in [0, 0.05) is 24.9 Å². The van der Waals surface area contributed by atoms with Crippen LogP contribution >= 0.6 is 0 Å². The molecule has 0 unspecified atom stereocenters. The van der Waals surface area contributed by atoms with Crippen molar-refractivity contribution in [3.63, 3.8) is 0 Å². The van der Waals surface area contributed by atoms with Crippen molar-refractivity contribution in [3.05, 3.63) is 27.4 Å². The molecule has 1 aromatic heterocycles. The quantitative estimate of drug-likeness (QED) is 0.871. The van der Waals surface area contributed by atoms with Gasteiger partial charge in [0.25, 0.3) is 0 Å². The number of rotatable bonds is 4. The van der Waals surface area contributed by atoms with E-state index in [1.165, 1.54) is 0 Å². The molecule has 0 radical (unpaired) electrons. The van der Waals surface area contributed by atoms with Gasteiger partial charge in [-0.3, -0.25) is 4.79 Å². The minimum atomic E-state index is -0.416. The molecule has 1 aromatic rings. The number of H-pyrrole nitrogens is 1. The number of aryl methyl sites for hydroxylation is 2. The Morgan fingerprint density at radius 1 is 1.36 bits per heavy atom. The van der Waals surface area contributed by atoms with Gasteiger partial charge < -0.3 is 15.0 Å². The molecule has 2 atom stereocenters. The summed E-state index contributed by atoms with van der Waals surface area (Å²) in [7, 11) is 1.77. The van der Waals surface area contributed by atoms with E-state index >= 15 is 0 Å². The van der Waals surface area contributed by atoms with E-state index in [2.05, 4.69) is 9.97 Å². The number of aliphatic hydroxyl groups is 1. The lowest BCUT2D eigenvalue weighted by Gasteiger charge is -2.35. The predicted molar refractivity (Wildman–Crippen MR) is 83.7 cm³/mol. The van der Waals surface area contributed by atoms with Gasteiger partial charge in [0.1, 0.15) is 0 Å². The zero-order valence-corrected chi connectivity index (χ0v) is 13.6. The summed E-state index contributed by atoms with van der Waals surface area (Å²) >= 11 is 0. The van der Waals surface area contributed by atoms with Crippen molar-refractivity contribution >= 4 is 5.91 Å². The lowest BCUT2D eigenvalue weighted by Crippen LogP contribution is -2.46. The number of carbonyl (C=O) groups is 1. The molecule has 0 aromatic carbocycles. The van der Waals surface area contributed by atoms with Gasteiger partial charge in [-0.05, 0) is 38.7 Å². The summed E-state index contributed by atoms with van der Waals surface area (Å²) < 4.78 is 0. The summed E-state index contributed by atoms with van der Waals surface area (Å²) in [4.78, 5) is 31.9. The van der Waals surface area contributed by atoms with Crippen LogP contribution < -0.4 is 5.69 Å². The SMILES string of the molecule is Cc1nc(=O)[nH]c(C)c1CCC(=O)N(C)[C@@H]1CCCC[C@@H]1O. The Hall–Kier alpha value is -1.69. The van der Waals surface area contributed by atoms with Gasteiger partial charge in [-0.1, -0.05) is 12.8 Å². The topological polar surface area (TPSA) is 86.3 Å². The first-order valence-electron chi connectivity index (χ1n) is 7.90. The van der Waals surface area contributed by atoms with Crippen LogP contribution in [0.3, 0.4) is 0 Å². The molecular formula is C16H25N3O3. The van der Waals surface area contributed by atoms with Crippen LogP contribution in [0, 0.1) is 13.8 Å². The van der Waals surface area contributed by atoms with Gasteiger partial charge in [0.15, 0.2) is 0 Å². The summed E-state index contributed by atoms with van der Waals surface area (Å²) in [6.45, 7) is 3.61. The van der Waals surface area contributed by atoms with Crippen LogP contribution in [0.25, 0.3) is 0 Å². The van der Waals surface area contributed by atoms with E-state index in [-0.39, 0.29) is 17.6 Å². The number of aromatic nitrogens is 2. The highest BCUT2D eigenvalue weighted by Gasteiger charge is 2.29. The minimum absolute atomic E-state index is 0.0240. The molecule has 6 heteroatoms. The number of nitrogens with one attached hydrogen (secondary N) is 1. The monoisotopic (exact) mass is 307 g/mol. The van der Waals surface area contributed by atoms with Crippen molar-refractivity contribution < 1.29 is 9.90 Å². The molecule has 22 heavy (non-hydrogen) atoms. The molecular weight excluding hydrogens is 282 g/mol. The standard InChI is InChI=1S/C16H25N3O3/c1-10-12(11(2)18-16(22)17-10)8-9-15(21)19(3)13-6-4-5-7-14(13)20/h13-14,20H,4-9H2,1-3H3,(H,17,18,22)/t13-,14+/m1/s1. The highest BCUT2D eigenvalue weighted by molar-refractivity contribution is 5.76. The van der Waals surface area contributed by atoms with Gasteiger partial charge in [0.2, 0.25) is 5.91 Å². The molecule has 1 amide bonds. The van der Waals surface area contributed by atoms with Crippen molar-refractivity contribution in [1.29, 1.82) is 0 Å². The highest BCUT2D eigenvalue weighted by Crippen LogP contribution is 2.23. The van der Waals surface area contributed by atoms with E-state index in [4.69, 9.17) is 0 Å². The van der Waals surface area contributed by atoms with Gasteiger partial charge in [-0.15, -0.1) is 0 Å². The van der Waals surface area contributed by atoms with E-state index in [0.29, 0.717) is 18.5 Å². The van der Waals surface area contributed by atoms with Gasteiger partial charge >= 0.3 is 5.69 Å². The van der Waals surface area contributed by atoms with Crippen molar-refractivity contribution in [2.75, 3.05) is 7.05 Å². The van der Waals surface area contributed by atoms with Crippen LogP contribution in [0.1, 0.15) is 49.1 Å². The highest BCUT2D eigenvalue weighted by atomic mass is 16.3. The second kappa shape index (κ2) is 7.05. The van der Waals surface area contributed by atoms with Gasteiger partial charge in [-0.25, -0.2) is 4.79 Å². The Bertz CT molecular complexity index is 571. The van der Waals surface area contributed by atoms with E-state index in [9.17, 15) is 14.7 Å². The van der Waals surface area contributed by atoms with Crippen LogP contribution in [0.15, 0.2) is 4.79 Å². The first-order valence-corrected chi connectivity index (χ1v) is 7.90. The summed E-state index contributed by atoms with van der Waals surface area (Å²) in [6, 6.07) is -0.0721. The van der Waals surface area contributed by atoms with E-state index in [1.807, 2.05) is 6.92 Å². The fraction of sp³-hybridized carbons (Fsp3) is 0.688. The Morgan fingerprint density at radius 2 is 2.05 bits per heavy atom. The summed E-state index contributed by atoms with van der Waals surface area (Å²) in [6.07, 6.45) is 4.21. The molecule has 0 aliphatic heterocycles. The smallest absolute Gasteiger partial charge is 0.345 e. The van der Waals surface area contributed by atoms with Crippen LogP contribution in [0.2, 0.25) is 0 Å². The molecule has 2 rings (SSSR count). The maximum absolute atomic E-state index is 12.4. The molecule has 122 valence electrons. The van der Waals surface area contributed by atoms with Crippen molar-refractivity contribution in [2.24, 2.45) is 0 Å². The van der Waals surface area contributed by atoms with Crippen LogP contribution in [-0.4, -0.2) is 45.1 Å². The molecule has 1 heterocycles. The number of aliphatic hydroxyl groups excluding tert-OH is 1. The number of amides is 1. The predicted octanol–water partition coefficient (Wildman–Crippen LogP) is 1.08. The fourth-order valence-electron chi connectivity index (χ4n) is 3.26. The summed E-state index contributed by atoms with van der Waals surface area (Å²) in [5.41, 5.74) is 2.01. The van der Waals surface area contributed by atoms with Crippen LogP contribution in [0.5, 0.6) is 0 Å². The maximum Gasteiger partial charge on any atom is 0.345 e. The average Bonchev–Trinajstić information content (AvgIpc) is 2.45. The summed E-state index contributed by atoms with van der Waals surface area (Å²) in [5.74, 6) is 0.0240. The number of nitrogens with zero attached hydrogens (tertiary/aromatic N) is 2. The lowest BCUT2D eigenvalue weighted by molar-refractivity contribution is -0.135. The van der Waals surface area contributed by atoms with Crippen molar-refractivity contribution in [2.45, 2.75) is 64.5 Å². The molecule has 0 saturated heterocycles. The minimum Gasteiger partial charge on any atom is -0.391 e. The van der Waals surface area contributed by atoms with E-state index < -0.39 is 6.10 Å². The second-order valence-electron chi connectivity index (χ2n) is 6.15. The number of hydrogen-bond acceptors (Lipinski definition) is 4.